The molecule has 1 aromatic rings. The molecular formula is C16H20N2O3. The maximum atomic E-state index is 11.6. The van der Waals surface area contributed by atoms with Crippen molar-refractivity contribution in [1.82, 2.24) is 5.32 Å². The van der Waals surface area contributed by atoms with Gasteiger partial charge in [0.2, 0.25) is 0 Å². The third-order valence-corrected chi connectivity index (χ3v) is 2.87. The number of hydrogen-bond acceptors (Lipinski definition) is 2. The molecule has 112 valence electrons. The number of hydrogen-bond donors (Lipinski definition) is 3. The molecule has 0 aromatic heterocycles. The van der Waals surface area contributed by atoms with Crippen LogP contribution in [-0.4, -0.2) is 23.7 Å². The van der Waals surface area contributed by atoms with Gasteiger partial charge in [-0.25, -0.2) is 4.79 Å². The average molecular weight is 288 g/mol. The van der Waals surface area contributed by atoms with Gasteiger partial charge >= 0.3 is 12.0 Å². The van der Waals surface area contributed by atoms with E-state index in [1.165, 1.54) is 0 Å². The van der Waals surface area contributed by atoms with Crippen molar-refractivity contribution in [2.45, 2.75) is 32.1 Å². The fourth-order valence-corrected chi connectivity index (χ4v) is 1.74. The van der Waals surface area contributed by atoms with Crippen molar-refractivity contribution in [3.05, 3.63) is 29.8 Å². The van der Waals surface area contributed by atoms with Crippen LogP contribution in [0.1, 0.15) is 31.2 Å². The van der Waals surface area contributed by atoms with E-state index in [0.29, 0.717) is 18.7 Å². The van der Waals surface area contributed by atoms with Gasteiger partial charge in [-0.3, -0.25) is 4.79 Å². The number of anilines is 1. The first-order valence-corrected chi connectivity index (χ1v) is 6.91. The van der Waals surface area contributed by atoms with Crippen molar-refractivity contribution < 1.29 is 14.7 Å². The predicted octanol–water partition coefficient (Wildman–Crippen LogP) is 2.63. The van der Waals surface area contributed by atoms with Gasteiger partial charge in [-0.1, -0.05) is 12.1 Å². The molecule has 0 atom stereocenters. The first kappa shape index (κ1) is 16.6. The third-order valence-electron chi connectivity index (χ3n) is 2.87. The standard InChI is InChI=1S/C16H20N2O3/c1-2-3-4-5-12-17-16(21)18-14-9-6-13(7-10-14)8-11-15(19)20/h1,6-7,9-10H,3-5,8,11-12H2,(H,19,20)(H2,17,18,21). The number of carboxylic acid groups (broad SMARTS) is 1. The summed E-state index contributed by atoms with van der Waals surface area (Å²) in [4.78, 5) is 22.1. The highest BCUT2D eigenvalue weighted by Gasteiger charge is 2.02. The Morgan fingerprint density at radius 3 is 2.52 bits per heavy atom. The van der Waals surface area contributed by atoms with E-state index < -0.39 is 5.97 Å². The zero-order valence-electron chi connectivity index (χ0n) is 11.9. The maximum absolute atomic E-state index is 11.6. The summed E-state index contributed by atoms with van der Waals surface area (Å²) in [5, 5.41) is 14.1. The van der Waals surface area contributed by atoms with Gasteiger partial charge in [0.05, 0.1) is 0 Å². The Kier molecular flexibility index (Phi) is 7.44. The van der Waals surface area contributed by atoms with Crippen LogP contribution in [-0.2, 0) is 11.2 Å². The number of carboxylic acids is 1. The van der Waals surface area contributed by atoms with E-state index in [1.54, 1.807) is 12.1 Å². The van der Waals surface area contributed by atoms with Gasteiger partial charge in [0.25, 0.3) is 0 Å². The van der Waals surface area contributed by atoms with Crippen molar-refractivity contribution >= 4 is 17.7 Å². The molecule has 0 aliphatic heterocycles. The smallest absolute Gasteiger partial charge is 0.319 e. The molecule has 1 rings (SSSR count). The molecule has 0 aliphatic rings. The number of rotatable bonds is 8. The lowest BCUT2D eigenvalue weighted by molar-refractivity contribution is -0.136. The molecule has 0 radical (unpaired) electrons. The van der Waals surface area contributed by atoms with Crippen LogP contribution in [0, 0.1) is 12.3 Å². The van der Waals surface area contributed by atoms with E-state index in [4.69, 9.17) is 11.5 Å². The molecule has 0 bridgehead atoms. The van der Waals surface area contributed by atoms with Gasteiger partial charge in [-0.2, -0.15) is 0 Å². The summed E-state index contributed by atoms with van der Waals surface area (Å²) in [7, 11) is 0. The minimum Gasteiger partial charge on any atom is -0.481 e. The number of amides is 2. The monoisotopic (exact) mass is 288 g/mol. The molecule has 21 heavy (non-hydrogen) atoms. The number of unbranched alkanes of at least 4 members (excludes halogenated alkanes) is 2. The fraction of sp³-hybridized carbons (Fsp3) is 0.375. The molecule has 0 fully saturated rings. The summed E-state index contributed by atoms with van der Waals surface area (Å²) < 4.78 is 0. The van der Waals surface area contributed by atoms with E-state index in [1.807, 2.05) is 12.1 Å². The second kappa shape index (κ2) is 9.43. The largest absolute Gasteiger partial charge is 0.481 e. The van der Waals surface area contributed by atoms with Crippen LogP contribution in [0.4, 0.5) is 10.5 Å². The van der Waals surface area contributed by atoms with Gasteiger partial charge in [-0.05, 0) is 37.0 Å². The molecular weight excluding hydrogens is 268 g/mol. The summed E-state index contributed by atoms with van der Waals surface area (Å²) in [6.45, 7) is 0.588. The Balaban J connectivity index is 2.29. The highest BCUT2D eigenvalue weighted by Crippen LogP contribution is 2.11. The van der Waals surface area contributed by atoms with Gasteiger partial charge in [0.15, 0.2) is 0 Å². The zero-order valence-corrected chi connectivity index (χ0v) is 11.9. The molecule has 0 unspecified atom stereocenters. The number of carbonyl (C=O) groups excluding carboxylic acids is 1. The van der Waals surface area contributed by atoms with E-state index >= 15 is 0 Å². The van der Waals surface area contributed by atoms with Crippen LogP contribution in [0.15, 0.2) is 24.3 Å². The molecule has 5 nitrogen and oxygen atoms in total. The quantitative estimate of drug-likeness (QED) is 0.508. The summed E-state index contributed by atoms with van der Waals surface area (Å²) in [5.41, 5.74) is 1.60. The molecule has 0 saturated carbocycles. The van der Waals surface area contributed by atoms with Crippen molar-refractivity contribution in [1.29, 1.82) is 0 Å². The lowest BCUT2D eigenvalue weighted by atomic mass is 10.1. The molecule has 0 heterocycles. The van der Waals surface area contributed by atoms with E-state index in [2.05, 4.69) is 16.6 Å². The molecule has 5 heteroatoms. The maximum Gasteiger partial charge on any atom is 0.319 e. The Hall–Kier alpha value is -2.48. The van der Waals surface area contributed by atoms with Gasteiger partial charge < -0.3 is 15.7 Å². The first-order valence-electron chi connectivity index (χ1n) is 6.91. The van der Waals surface area contributed by atoms with Gasteiger partial charge in [0, 0.05) is 25.1 Å². The Morgan fingerprint density at radius 1 is 1.19 bits per heavy atom. The number of urea groups is 1. The van der Waals surface area contributed by atoms with Crippen LogP contribution >= 0.6 is 0 Å². The molecule has 3 N–H and O–H groups in total. The lowest BCUT2D eigenvalue weighted by Gasteiger charge is -2.08. The third kappa shape index (κ3) is 7.63. The highest BCUT2D eigenvalue weighted by molar-refractivity contribution is 5.89. The summed E-state index contributed by atoms with van der Waals surface area (Å²) >= 11 is 0. The second-order valence-corrected chi connectivity index (χ2v) is 4.63. The van der Waals surface area contributed by atoms with E-state index in [9.17, 15) is 9.59 Å². The van der Waals surface area contributed by atoms with Crippen LogP contribution in [0.25, 0.3) is 0 Å². The molecule has 0 saturated heterocycles. The number of aryl methyl sites for hydroxylation is 1. The van der Waals surface area contributed by atoms with Crippen molar-refractivity contribution in [3.63, 3.8) is 0 Å². The average Bonchev–Trinajstić information content (AvgIpc) is 2.46. The zero-order chi connectivity index (χ0) is 15.5. The minimum absolute atomic E-state index is 0.102. The van der Waals surface area contributed by atoms with Crippen LogP contribution in [0.3, 0.4) is 0 Å². The summed E-state index contributed by atoms with van der Waals surface area (Å²) in [6, 6.07) is 6.88. The second-order valence-electron chi connectivity index (χ2n) is 4.63. The molecule has 0 aliphatic carbocycles. The first-order chi connectivity index (χ1) is 10.1. The molecule has 1 aromatic carbocycles. The van der Waals surface area contributed by atoms with Crippen molar-refractivity contribution in [3.8, 4) is 12.3 Å². The SMILES string of the molecule is C#CCCCCNC(=O)Nc1ccc(CCC(=O)O)cc1. The molecule has 2 amide bonds. The fourth-order valence-electron chi connectivity index (χ4n) is 1.74. The predicted molar refractivity (Wildman–Crippen MR) is 82.1 cm³/mol. The van der Waals surface area contributed by atoms with Crippen molar-refractivity contribution in [2.75, 3.05) is 11.9 Å². The molecule has 0 spiro atoms. The highest BCUT2D eigenvalue weighted by atomic mass is 16.4. The van der Waals surface area contributed by atoms with E-state index in [0.717, 1.165) is 24.8 Å². The van der Waals surface area contributed by atoms with Crippen LogP contribution in [0.2, 0.25) is 0 Å². The number of nitrogens with one attached hydrogen (secondary N) is 2. The summed E-state index contributed by atoms with van der Waals surface area (Å²) in [6.07, 6.45) is 8.20. The van der Waals surface area contributed by atoms with Crippen molar-refractivity contribution in [2.24, 2.45) is 0 Å². The Morgan fingerprint density at radius 2 is 1.90 bits per heavy atom. The van der Waals surface area contributed by atoms with Crippen LogP contribution in [0.5, 0.6) is 0 Å². The summed E-state index contributed by atoms with van der Waals surface area (Å²) in [5.74, 6) is 1.73. The normalized spacial score (nSPS) is 9.67. The number of carbonyl (C=O) groups is 2. The topological polar surface area (TPSA) is 78.4 Å². The lowest BCUT2D eigenvalue weighted by Crippen LogP contribution is -2.29. The number of benzene rings is 1. The Labute approximate surface area is 124 Å². The minimum atomic E-state index is -0.818. The van der Waals surface area contributed by atoms with Gasteiger partial charge in [0.1, 0.15) is 0 Å². The van der Waals surface area contributed by atoms with E-state index in [-0.39, 0.29) is 12.5 Å². The Bertz CT molecular complexity index is 503. The van der Waals surface area contributed by atoms with Gasteiger partial charge in [-0.15, -0.1) is 12.3 Å². The number of aliphatic carboxylic acids is 1. The van der Waals surface area contributed by atoms with Crippen LogP contribution < -0.4 is 10.6 Å². The number of terminal acetylenes is 1.